The van der Waals surface area contributed by atoms with Crippen LogP contribution in [0.1, 0.15) is 12.8 Å². The molecular weight excluding hydrogens is 206 g/mol. The molecule has 0 fully saturated rings. The van der Waals surface area contributed by atoms with Crippen molar-refractivity contribution in [2.45, 2.75) is 17.9 Å². The molecule has 0 aliphatic rings. The Labute approximate surface area is 93.7 Å². The third-order valence-corrected chi connectivity index (χ3v) is 2.96. The van der Waals surface area contributed by atoms with E-state index in [4.69, 9.17) is 10.5 Å². The van der Waals surface area contributed by atoms with Gasteiger partial charge in [0, 0.05) is 18.4 Å². The Kier molecular flexibility index (Phi) is 5.29. The van der Waals surface area contributed by atoms with E-state index in [1.165, 1.54) is 0 Å². The van der Waals surface area contributed by atoms with Crippen LogP contribution in [-0.4, -0.2) is 10.7 Å². The minimum Gasteiger partial charge on any atom is -0.250 e. The highest BCUT2D eigenvalue weighted by Crippen LogP contribution is 2.19. The first kappa shape index (κ1) is 11.6. The van der Waals surface area contributed by atoms with Crippen molar-refractivity contribution in [3.8, 4) is 12.1 Å². The van der Waals surface area contributed by atoms with Crippen LogP contribution in [0, 0.1) is 28.6 Å². The van der Waals surface area contributed by atoms with Crippen molar-refractivity contribution in [2.75, 3.05) is 5.75 Å². The summed E-state index contributed by atoms with van der Waals surface area (Å²) in [7, 11) is 0. The van der Waals surface area contributed by atoms with Crippen LogP contribution in [0.2, 0.25) is 0 Å². The fraction of sp³-hybridized carbons (Fsp3) is 0.364. The third kappa shape index (κ3) is 4.49. The molecule has 15 heavy (non-hydrogen) atoms. The van der Waals surface area contributed by atoms with E-state index in [1.807, 2.05) is 18.2 Å². The Balaban J connectivity index is 2.36. The van der Waals surface area contributed by atoms with Crippen molar-refractivity contribution in [1.29, 1.82) is 10.5 Å². The number of pyridine rings is 1. The summed E-state index contributed by atoms with van der Waals surface area (Å²) in [6, 6.07) is 9.97. The van der Waals surface area contributed by atoms with Gasteiger partial charge >= 0.3 is 0 Å². The summed E-state index contributed by atoms with van der Waals surface area (Å²) in [6.07, 6.45) is 2.83. The quantitative estimate of drug-likeness (QED) is 0.711. The maximum absolute atomic E-state index is 8.84. The number of nitriles is 2. The highest BCUT2D eigenvalue weighted by molar-refractivity contribution is 7.99. The summed E-state index contributed by atoms with van der Waals surface area (Å²) >= 11 is 1.56. The van der Waals surface area contributed by atoms with E-state index < -0.39 is 0 Å². The molecule has 1 heterocycles. The Hall–Kier alpha value is -1.52. The van der Waals surface area contributed by atoms with Crippen LogP contribution in [0.4, 0.5) is 0 Å². The SMILES string of the molecule is N#CCCC(C#N)CSc1ccccn1. The molecule has 1 aromatic rings. The predicted molar refractivity (Wildman–Crippen MR) is 58.9 cm³/mol. The molecule has 0 aromatic carbocycles. The molecule has 0 amide bonds. The van der Waals surface area contributed by atoms with Crippen LogP contribution in [-0.2, 0) is 0 Å². The van der Waals surface area contributed by atoms with Gasteiger partial charge in [0.25, 0.3) is 0 Å². The maximum atomic E-state index is 8.84. The van der Waals surface area contributed by atoms with Crippen LogP contribution >= 0.6 is 11.8 Å². The lowest BCUT2D eigenvalue weighted by atomic mass is 10.1. The van der Waals surface area contributed by atoms with Gasteiger partial charge in [-0.2, -0.15) is 10.5 Å². The average Bonchev–Trinajstić information content (AvgIpc) is 2.31. The molecule has 0 aliphatic heterocycles. The fourth-order valence-corrected chi connectivity index (χ4v) is 1.97. The zero-order chi connectivity index (χ0) is 10.9. The highest BCUT2D eigenvalue weighted by atomic mass is 32.2. The maximum Gasteiger partial charge on any atom is 0.0960 e. The van der Waals surface area contributed by atoms with Crippen molar-refractivity contribution in [3.05, 3.63) is 24.4 Å². The summed E-state index contributed by atoms with van der Waals surface area (Å²) < 4.78 is 0. The van der Waals surface area contributed by atoms with Crippen LogP contribution in [0.25, 0.3) is 0 Å². The minimum absolute atomic E-state index is 0.0587. The molecule has 0 bridgehead atoms. The predicted octanol–water partition coefficient (Wildman–Crippen LogP) is 2.62. The van der Waals surface area contributed by atoms with Crippen molar-refractivity contribution in [2.24, 2.45) is 5.92 Å². The van der Waals surface area contributed by atoms with E-state index in [0.29, 0.717) is 18.6 Å². The summed E-state index contributed by atoms with van der Waals surface area (Å²) in [4.78, 5) is 4.15. The van der Waals surface area contributed by atoms with Gasteiger partial charge in [-0.25, -0.2) is 4.98 Å². The van der Waals surface area contributed by atoms with Crippen LogP contribution in [0.15, 0.2) is 29.4 Å². The Morgan fingerprint density at radius 1 is 1.40 bits per heavy atom. The molecular formula is C11H11N3S. The standard InChI is InChI=1S/C11H11N3S/c12-6-3-4-10(8-13)9-15-11-5-1-2-7-14-11/h1-2,5,7,10H,3-4,9H2. The summed E-state index contributed by atoms with van der Waals surface area (Å²) in [5.74, 6) is 0.645. The molecule has 0 saturated heterocycles. The van der Waals surface area contributed by atoms with E-state index in [2.05, 4.69) is 17.1 Å². The van der Waals surface area contributed by atoms with E-state index in [9.17, 15) is 0 Å². The third-order valence-electron chi connectivity index (χ3n) is 1.86. The van der Waals surface area contributed by atoms with Gasteiger partial charge in [0.2, 0.25) is 0 Å². The zero-order valence-electron chi connectivity index (χ0n) is 8.26. The molecule has 0 saturated carbocycles. The molecule has 76 valence electrons. The van der Waals surface area contributed by atoms with Gasteiger partial charge in [0.05, 0.1) is 23.1 Å². The number of thioether (sulfide) groups is 1. The molecule has 1 rings (SSSR count). The first-order chi connectivity index (χ1) is 7.36. The number of aromatic nitrogens is 1. The van der Waals surface area contributed by atoms with Crippen molar-refractivity contribution in [1.82, 2.24) is 4.98 Å². The number of rotatable bonds is 5. The van der Waals surface area contributed by atoms with Crippen LogP contribution < -0.4 is 0 Å². The topological polar surface area (TPSA) is 60.5 Å². The van der Waals surface area contributed by atoms with Gasteiger partial charge in [-0.3, -0.25) is 0 Å². The van der Waals surface area contributed by atoms with Crippen molar-refractivity contribution < 1.29 is 0 Å². The first-order valence-corrected chi connectivity index (χ1v) is 5.65. The number of nitrogens with zero attached hydrogens (tertiary/aromatic N) is 3. The Bertz CT molecular complexity index is 364. The fourth-order valence-electron chi connectivity index (χ4n) is 1.04. The van der Waals surface area contributed by atoms with Gasteiger partial charge in [0.15, 0.2) is 0 Å². The Morgan fingerprint density at radius 3 is 2.87 bits per heavy atom. The second kappa shape index (κ2) is 6.86. The molecule has 1 atom stereocenters. The summed E-state index contributed by atoms with van der Waals surface area (Å²) in [5, 5.41) is 18.2. The lowest BCUT2D eigenvalue weighted by Crippen LogP contribution is -2.00. The molecule has 1 aromatic heterocycles. The highest BCUT2D eigenvalue weighted by Gasteiger charge is 2.07. The van der Waals surface area contributed by atoms with E-state index in [-0.39, 0.29) is 5.92 Å². The molecule has 0 N–H and O–H groups in total. The molecule has 3 nitrogen and oxygen atoms in total. The molecule has 0 radical (unpaired) electrons. The van der Waals surface area contributed by atoms with Gasteiger partial charge < -0.3 is 0 Å². The van der Waals surface area contributed by atoms with Gasteiger partial charge in [0.1, 0.15) is 0 Å². The number of hydrogen-bond donors (Lipinski definition) is 0. The van der Waals surface area contributed by atoms with Gasteiger partial charge in [-0.1, -0.05) is 6.07 Å². The lowest BCUT2D eigenvalue weighted by Gasteiger charge is -2.05. The second-order valence-electron chi connectivity index (χ2n) is 3.00. The molecule has 0 spiro atoms. The second-order valence-corrected chi connectivity index (χ2v) is 4.04. The van der Waals surface area contributed by atoms with Gasteiger partial charge in [-0.05, 0) is 18.6 Å². The van der Waals surface area contributed by atoms with Crippen LogP contribution in [0.3, 0.4) is 0 Å². The number of hydrogen-bond acceptors (Lipinski definition) is 4. The molecule has 0 aliphatic carbocycles. The molecule has 1 unspecified atom stereocenters. The Morgan fingerprint density at radius 2 is 2.27 bits per heavy atom. The van der Waals surface area contributed by atoms with Crippen molar-refractivity contribution in [3.63, 3.8) is 0 Å². The summed E-state index contributed by atoms with van der Waals surface area (Å²) in [5.41, 5.74) is 0. The monoisotopic (exact) mass is 217 g/mol. The molecule has 4 heteroatoms. The summed E-state index contributed by atoms with van der Waals surface area (Å²) in [6.45, 7) is 0. The van der Waals surface area contributed by atoms with E-state index in [0.717, 1.165) is 5.03 Å². The van der Waals surface area contributed by atoms with Crippen LogP contribution in [0.5, 0.6) is 0 Å². The van der Waals surface area contributed by atoms with E-state index in [1.54, 1.807) is 18.0 Å². The van der Waals surface area contributed by atoms with Gasteiger partial charge in [-0.15, -0.1) is 11.8 Å². The first-order valence-electron chi connectivity index (χ1n) is 4.67. The van der Waals surface area contributed by atoms with Crippen molar-refractivity contribution >= 4 is 11.8 Å². The normalized spacial score (nSPS) is 11.3. The zero-order valence-corrected chi connectivity index (χ0v) is 9.07. The average molecular weight is 217 g/mol. The minimum atomic E-state index is -0.0587. The largest absolute Gasteiger partial charge is 0.250 e. The lowest BCUT2D eigenvalue weighted by molar-refractivity contribution is 0.685. The van der Waals surface area contributed by atoms with E-state index >= 15 is 0 Å². The smallest absolute Gasteiger partial charge is 0.0960 e.